The van der Waals surface area contributed by atoms with Crippen LogP contribution in [0.4, 0.5) is 5.69 Å². The molecule has 1 saturated carbocycles. The van der Waals surface area contributed by atoms with Gasteiger partial charge in [-0.05, 0) is 61.4 Å². The number of carboxylic acids is 1. The fourth-order valence-electron chi connectivity index (χ4n) is 3.32. The van der Waals surface area contributed by atoms with Gasteiger partial charge in [0, 0.05) is 5.69 Å². The molecule has 2 atom stereocenters. The molecule has 1 aliphatic carbocycles. The molecular weight excluding hydrogens is 344 g/mol. The van der Waals surface area contributed by atoms with E-state index in [9.17, 15) is 14.7 Å². The highest BCUT2D eigenvalue weighted by Gasteiger charge is 2.35. The smallest absolute Gasteiger partial charge is 0.307 e. The Morgan fingerprint density at radius 2 is 1.52 bits per heavy atom. The fourth-order valence-corrected chi connectivity index (χ4v) is 3.32. The topological polar surface area (TPSA) is 99.4 Å². The molecule has 0 bridgehead atoms. The molecule has 0 aromatic heterocycles. The molecule has 1 fully saturated rings. The highest BCUT2D eigenvalue weighted by atomic mass is 16.5. The normalized spacial score (nSPS) is 18.9. The first-order valence-corrected chi connectivity index (χ1v) is 8.88. The lowest BCUT2D eigenvalue weighted by Crippen LogP contribution is -2.36. The lowest BCUT2D eigenvalue weighted by molar-refractivity contribution is -0.147. The van der Waals surface area contributed by atoms with Crippen LogP contribution in [-0.4, -0.2) is 17.0 Å². The highest BCUT2D eigenvalue weighted by molar-refractivity contribution is 5.95. The second kappa shape index (κ2) is 8.37. The molecule has 6 heteroatoms. The Kier molecular flexibility index (Phi) is 5.72. The maximum Gasteiger partial charge on any atom is 0.307 e. The number of nitriles is 1. The Hall–Kier alpha value is -3.33. The summed E-state index contributed by atoms with van der Waals surface area (Å²) in [5.74, 6) is -1.05. The van der Waals surface area contributed by atoms with Crippen LogP contribution < -0.4 is 10.1 Å². The maximum absolute atomic E-state index is 12.5. The number of carboxylic acid groups (broad SMARTS) is 1. The number of carbonyl (C=O) groups excluding carboxylic acids is 1. The number of benzene rings is 2. The molecule has 0 unspecified atom stereocenters. The number of anilines is 1. The van der Waals surface area contributed by atoms with Crippen LogP contribution >= 0.6 is 0 Å². The predicted octanol–water partition coefficient (Wildman–Crippen LogP) is 4.18. The zero-order valence-electron chi connectivity index (χ0n) is 14.7. The number of aliphatic carboxylic acids is 1. The van der Waals surface area contributed by atoms with Crippen molar-refractivity contribution in [2.75, 3.05) is 5.32 Å². The van der Waals surface area contributed by atoms with Crippen LogP contribution in [0.2, 0.25) is 0 Å². The van der Waals surface area contributed by atoms with Crippen molar-refractivity contribution in [3.8, 4) is 17.6 Å². The SMILES string of the molecule is N#Cc1ccc(Oc2ccc(NC(=O)[C@H]3CCCC[C@@H]3C(=O)O)cc2)cc1. The third-order valence-electron chi connectivity index (χ3n) is 4.76. The number of rotatable bonds is 5. The Morgan fingerprint density at radius 1 is 0.963 bits per heavy atom. The van der Waals surface area contributed by atoms with Crippen molar-refractivity contribution in [3.05, 3.63) is 54.1 Å². The van der Waals surface area contributed by atoms with E-state index in [1.165, 1.54) is 0 Å². The number of carbonyl (C=O) groups is 2. The van der Waals surface area contributed by atoms with Crippen LogP contribution in [0.3, 0.4) is 0 Å². The van der Waals surface area contributed by atoms with Crippen molar-refractivity contribution in [1.29, 1.82) is 5.26 Å². The van der Waals surface area contributed by atoms with Crippen LogP contribution in [0.25, 0.3) is 0 Å². The number of hydrogen-bond donors (Lipinski definition) is 2. The van der Waals surface area contributed by atoms with Gasteiger partial charge in [0.15, 0.2) is 0 Å². The van der Waals surface area contributed by atoms with Crippen molar-refractivity contribution in [1.82, 2.24) is 0 Å². The Bertz CT molecular complexity index is 853. The van der Waals surface area contributed by atoms with Crippen LogP contribution in [0.15, 0.2) is 48.5 Å². The van der Waals surface area contributed by atoms with Crippen LogP contribution in [-0.2, 0) is 9.59 Å². The zero-order chi connectivity index (χ0) is 19.2. The average molecular weight is 364 g/mol. The maximum atomic E-state index is 12.5. The van der Waals surface area contributed by atoms with E-state index < -0.39 is 17.8 Å². The van der Waals surface area contributed by atoms with Crippen molar-refractivity contribution < 1.29 is 19.4 Å². The van der Waals surface area contributed by atoms with Gasteiger partial charge >= 0.3 is 5.97 Å². The Labute approximate surface area is 157 Å². The summed E-state index contributed by atoms with van der Waals surface area (Å²) in [6.45, 7) is 0. The molecule has 2 aromatic carbocycles. The van der Waals surface area contributed by atoms with Crippen LogP contribution in [0, 0.1) is 23.2 Å². The highest BCUT2D eigenvalue weighted by Crippen LogP contribution is 2.31. The lowest BCUT2D eigenvalue weighted by atomic mass is 9.78. The summed E-state index contributed by atoms with van der Waals surface area (Å²) in [6.07, 6.45) is 2.87. The van der Waals surface area contributed by atoms with E-state index in [-0.39, 0.29) is 5.91 Å². The number of amides is 1. The summed E-state index contributed by atoms with van der Waals surface area (Å²) in [5, 5.41) is 20.9. The molecule has 138 valence electrons. The molecule has 0 radical (unpaired) electrons. The van der Waals surface area contributed by atoms with Gasteiger partial charge in [-0.15, -0.1) is 0 Å². The summed E-state index contributed by atoms with van der Waals surface area (Å²) in [4.78, 5) is 23.9. The van der Waals surface area contributed by atoms with Crippen molar-refractivity contribution in [2.45, 2.75) is 25.7 Å². The Morgan fingerprint density at radius 3 is 2.07 bits per heavy atom. The molecule has 0 spiro atoms. The average Bonchev–Trinajstić information content (AvgIpc) is 2.70. The van der Waals surface area contributed by atoms with E-state index in [0.717, 1.165) is 12.8 Å². The van der Waals surface area contributed by atoms with Gasteiger partial charge in [-0.2, -0.15) is 5.26 Å². The van der Waals surface area contributed by atoms with E-state index >= 15 is 0 Å². The number of nitrogens with zero attached hydrogens (tertiary/aromatic N) is 1. The molecule has 27 heavy (non-hydrogen) atoms. The zero-order valence-corrected chi connectivity index (χ0v) is 14.7. The fraction of sp³-hybridized carbons (Fsp3) is 0.286. The van der Waals surface area contributed by atoms with Gasteiger partial charge < -0.3 is 15.2 Å². The molecule has 2 N–H and O–H groups in total. The quantitative estimate of drug-likeness (QED) is 0.829. The summed E-state index contributed by atoms with van der Waals surface area (Å²) in [6, 6.07) is 15.7. The van der Waals surface area contributed by atoms with E-state index in [1.807, 2.05) is 6.07 Å². The predicted molar refractivity (Wildman–Crippen MR) is 99.4 cm³/mol. The van der Waals surface area contributed by atoms with Gasteiger partial charge in [-0.25, -0.2) is 0 Å². The third-order valence-corrected chi connectivity index (χ3v) is 4.76. The second-order valence-electron chi connectivity index (χ2n) is 6.59. The molecule has 6 nitrogen and oxygen atoms in total. The van der Waals surface area contributed by atoms with Crippen LogP contribution in [0.1, 0.15) is 31.2 Å². The molecule has 0 heterocycles. The molecule has 1 amide bonds. The minimum absolute atomic E-state index is 0.247. The summed E-state index contributed by atoms with van der Waals surface area (Å²) in [7, 11) is 0. The number of hydrogen-bond acceptors (Lipinski definition) is 4. The molecule has 2 aromatic rings. The third kappa shape index (κ3) is 4.64. The first-order valence-electron chi connectivity index (χ1n) is 8.88. The van der Waals surface area contributed by atoms with Crippen LogP contribution in [0.5, 0.6) is 11.5 Å². The van der Waals surface area contributed by atoms with Crippen molar-refractivity contribution >= 4 is 17.6 Å². The lowest BCUT2D eigenvalue weighted by Gasteiger charge is -2.27. The molecule has 3 rings (SSSR count). The van der Waals surface area contributed by atoms with E-state index in [4.69, 9.17) is 10.00 Å². The van der Waals surface area contributed by atoms with Gasteiger partial charge in [0.2, 0.25) is 5.91 Å². The van der Waals surface area contributed by atoms with Crippen molar-refractivity contribution in [3.63, 3.8) is 0 Å². The molecule has 0 aliphatic heterocycles. The monoisotopic (exact) mass is 364 g/mol. The minimum atomic E-state index is -0.902. The van der Waals surface area contributed by atoms with E-state index in [1.54, 1.807) is 48.5 Å². The van der Waals surface area contributed by atoms with Gasteiger partial charge in [-0.3, -0.25) is 9.59 Å². The minimum Gasteiger partial charge on any atom is -0.481 e. The van der Waals surface area contributed by atoms with E-state index in [0.29, 0.717) is 35.6 Å². The summed E-state index contributed by atoms with van der Waals surface area (Å²) >= 11 is 0. The van der Waals surface area contributed by atoms with Gasteiger partial charge in [0.05, 0.1) is 23.5 Å². The first-order chi connectivity index (χ1) is 13.1. The standard InChI is InChI=1S/C21H20N2O4/c22-13-14-5-9-16(10-6-14)27-17-11-7-15(8-12-17)23-20(24)18-3-1-2-4-19(18)21(25)26/h5-12,18-19H,1-4H2,(H,23,24)(H,25,26)/t18-,19-/m0/s1. The van der Waals surface area contributed by atoms with Gasteiger partial charge in [0.1, 0.15) is 11.5 Å². The molecular formula is C21H20N2O4. The number of ether oxygens (including phenoxy) is 1. The van der Waals surface area contributed by atoms with Gasteiger partial charge in [-0.1, -0.05) is 12.8 Å². The first kappa shape index (κ1) is 18.5. The molecule has 1 aliphatic rings. The largest absolute Gasteiger partial charge is 0.481 e. The summed E-state index contributed by atoms with van der Waals surface area (Å²) in [5.41, 5.74) is 1.16. The Balaban J connectivity index is 1.62. The molecule has 0 saturated heterocycles. The number of nitrogens with one attached hydrogen (secondary N) is 1. The van der Waals surface area contributed by atoms with Gasteiger partial charge in [0.25, 0.3) is 0 Å². The second-order valence-corrected chi connectivity index (χ2v) is 6.59. The summed E-state index contributed by atoms with van der Waals surface area (Å²) < 4.78 is 5.70. The van der Waals surface area contributed by atoms with E-state index in [2.05, 4.69) is 5.32 Å². The van der Waals surface area contributed by atoms with Crippen molar-refractivity contribution in [2.24, 2.45) is 11.8 Å².